The molecule has 1 unspecified atom stereocenters. The van der Waals surface area contributed by atoms with Crippen molar-refractivity contribution in [3.8, 4) is 0 Å². The lowest BCUT2D eigenvalue weighted by molar-refractivity contribution is -0.134. The number of aliphatic imine (C=N–C) groups is 1. The minimum atomic E-state index is 0.246. The SMILES string of the molecule is CCNC(=NCCC(=O)N1CCCCC1C)NC1CCN(Cc2ccccc2)CC1. The zero-order valence-electron chi connectivity index (χ0n) is 18.8. The fourth-order valence-electron chi connectivity index (χ4n) is 4.47. The number of nitrogens with zero attached hydrogens (tertiary/aromatic N) is 3. The predicted octanol–water partition coefficient (Wildman–Crippen LogP) is 3.00. The average Bonchev–Trinajstić information content (AvgIpc) is 2.76. The van der Waals surface area contributed by atoms with Crippen LogP contribution in [0.4, 0.5) is 0 Å². The molecule has 2 aliphatic rings. The Morgan fingerprint density at radius 2 is 1.87 bits per heavy atom. The van der Waals surface area contributed by atoms with Gasteiger partial charge in [-0.2, -0.15) is 0 Å². The van der Waals surface area contributed by atoms with E-state index in [1.54, 1.807) is 0 Å². The second-order valence-electron chi connectivity index (χ2n) is 8.62. The molecule has 1 atom stereocenters. The summed E-state index contributed by atoms with van der Waals surface area (Å²) in [7, 11) is 0. The van der Waals surface area contributed by atoms with Crippen LogP contribution in [-0.2, 0) is 11.3 Å². The second-order valence-corrected chi connectivity index (χ2v) is 8.62. The van der Waals surface area contributed by atoms with Gasteiger partial charge in [-0.25, -0.2) is 0 Å². The fourth-order valence-corrected chi connectivity index (χ4v) is 4.47. The Morgan fingerprint density at radius 1 is 1.10 bits per heavy atom. The number of guanidine groups is 1. The molecule has 0 aromatic heterocycles. The van der Waals surface area contributed by atoms with Crippen molar-refractivity contribution in [2.75, 3.05) is 32.7 Å². The molecule has 0 bridgehead atoms. The monoisotopic (exact) mass is 413 g/mol. The van der Waals surface area contributed by atoms with Gasteiger partial charge in [0, 0.05) is 51.2 Å². The number of hydrogen-bond donors (Lipinski definition) is 2. The van der Waals surface area contributed by atoms with Crippen LogP contribution in [0.25, 0.3) is 0 Å². The molecule has 2 fully saturated rings. The first kappa shape index (κ1) is 22.6. The number of carbonyl (C=O) groups is 1. The Balaban J connectivity index is 1.42. The van der Waals surface area contributed by atoms with Crippen molar-refractivity contribution >= 4 is 11.9 Å². The molecule has 166 valence electrons. The lowest BCUT2D eigenvalue weighted by Gasteiger charge is -2.33. The van der Waals surface area contributed by atoms with Crippen molar-refractivity contribution in [1.29, 1.82) is 0 Å². The summed E-state index contributed by atoms with van der Waals surface area (Å²) in [4.78, 5) is 21.8. The van der Waals surface area contributed by atoms with Crippen molar-refractivity contribution in [3.05, 3.63) is 35.9 Å². The van der Waals surface area contributed by atoms with Crippen LogP contribution in [0.3, 0.4) is 0 Å². The molecule has 2 N–H and O–H groups in total. The Kier molecular flexibility index (Phi) is 9.00. The summed E-state index contributed by atoms with van der Waals surface area (Å²) in [5.74, 6) is 1.09. The van der Waals surface area contributed by atoms with E-state index in [-0.39, 0.29) is 5.91 Å². The summed E-state index contributed by atoms with van der Waals surface area (Å²) in [5, 5.41) is 6.93. The molecule has 0 saturated carbocycles. The Bertz CT molecular complexity index is 669. The van der Waals surface area contributed by atoms with Crippen LogP contribution in [0.1, 0.15) is 57.9 Å². The molecular formula is C24H39N5O. The highest BCUT2D eigenvalue weighted by molar-refractivity contribution is 5.81. The van der Waals surface area contributed by atoms with Crippen molar-refractivity contribution in [2.45, 2.75) is 71.0 Å². The third-order valence-corrected chi connectivity index (χ3v) is 6.24. The summed E-state index contributed by atoms with van der Waals surface area (Å²) >= 11 is 0. The first-order chi connectivity index (χ1) is 14.7. The topological polar surface area (TPSA) is 60.0 Å². The third kappa shape index (κ3) is 7.01. The summed E-state index contributed by atoms with van der Waals surface area (Å²) in [6.45, 7) is 9.74. The van der Waals surface area contributed by atoms with Gasteiger partial charge in [-0.3, -0.25) is 14.7 Å². The first-order valence-corrected chi connectivity index (χ1v) is 11.8. The Morgan fingerprint density at radius 3 is 2.57 bits per heavy atom. The molecule has 0 radical (unpaired) electrons. The molecule has 2 heterocycles. The van der Waals surface area contributed by atoms with Gasteiger partial charge in [0.2, 0.25) is 5.91 Å². The number of amides is 1. The molecule has 0 aliphatic carbocycles. The Hall–Kier alpha value is -2.08. The maximum Gasteiger partial charge on any atom is 0.224 e. The van der Waals surface area contributed by atoms with Crippen LogP contribution >= 0.6 is 0 Å². The summed E-state index contributed by atoms with van der Waals surface area (Å²) in [5.41, 5.74) is 1.38. The van der Waals surface area contributed by atoms with E-state index in [1.165, 1.54) is 12.0 Å². The summed E-state index contributed by atoms with van der Waals surface area (Å²) in [6, 6.07) is 11.5. The van der Waals surface area contributed by atoms with Crippen LogP contribution < -0.4 is 10.6 Å². The van der Waals surface area contributed by atoms with Crippen LogP contribution in [0.5, 0.6) is 0 Å². The van der Waals surface area contributed by atoms with Crippen LogP contribution in [0.2, 0.25) is 0 Å². The predicted molar refractivity (Wildman–Crippen MR) is 123 cm³/mol. The first-order valence-electron chi connectivity index (χ1n) is 11.8. The number of likely N-dealkylation sites (tertiary alicyclic amines) is 2. The highest BCUT2D eigenvalue weighted by atomic mass is 16.2. The quantitative estimate of drug-likeness (QED) is 0.533. The van der Waals surface area contributed by atoms with Gasteiger partial charge in [-0.1, -0.05) is 30.3 Å². The highest BCUT2D eigenvalue weighted by Crippen LogP contribution is 2.17. The lowest BCUT2D eigenvalue weighted by Crippen LogP contribution is -2.48. The van der Waals surface area contributed by atoms with E-state index in [1.807, 2.05) is 4.90 Å². The van der Waals surface area contributed by atoms with Crippen molar-refractivity contribution in [3.63, 3.8) is 0 Å². The normalized spacial score (nSPS) is 21.5. The van der Waals surface area contributed by atoms with E-state index in [0.29, 0.717) is 25.0 Å². The largest absolute Gasteiger partial charge is 0.357 e. The highest BCUT2D eigenvalue weighted by Gasteiger charge is 2.23. The fraction of sp³-hybridized carbons (Fsp3) is 0.667. The van der Waals surface area contributed by atoms with Gasteiger partial charge >= 0.3 is 0 Å². The van der Waals surface area contributed by atoms with Gasteiger partial charge in [0.15, 0.2) is 5.96 Å². The standard InChI is InChI=1S/C24H39N5O/c1-3-25-24(26-15-12-23(30)29-16-8-7-9-20(29)2)27-22-13-17-28(18-14-22)19-21-10-5-4-6-11-21/h4-6,10-11,20,22H,3,7-9,12-19H2,1-2H3,(H2,25,26,27). The summed E-state index contributed by atoms with van der Waals surface area (Å²) < 4.78 is 0. The molecule has 0 spiro atoms. The van der Waals surface area contributed by atoms with Gasteiger partial charge in [0.1, 0.15) is 0 Å². The molecule has 2 aliphatic heterocycles. The van der Waals surface area contributed by atoms with Crippen molar-refractivity contribution in [2.24, 2.45) is 4.99 Å². The number of carbonyl (C=O) groups excluding carboxylic acids is 1. The third-order valence-electron chi connectivity index (χ3n) is 6.24. The number of benzene rings is 1. The average molecular weight is 414 g/mol. The van der Waals surface area contributed by atoms with Gasteiger partial charge in [-0.15, -0.1) is 0 Å². The van der Waals surface area contributed by atoms with Crippen LogP contribution in [0.15, 0.2) is 35.3 Å². The minimum absolute atomic E-state index is 0.246. The van der Waals surface area contributed by atoms with E-state index in [9.17, 15) is 4.79 Å². The zero-order valence-corrected chi connectivity index (χ0v) is 18.8. The maximum absolute atomic E-state index is 12.5. The van der Waals surface area contributed by atoms with Gasteiger partial charge in [-0.05, 0) is 51.5 Å². The molecule has 3 rings (SSSR count). The van der Waals surface area contributed by atoms with Gasteiger partial charge in [0.25, 0.3) is 0 Å². The molecule has 6 heteroatoms. The maximum atomic E-state index is 12.5. The second kappa shape index (κ2) is 11.9. The lowest BCUT2D eigenvalue weighted by atomic mass is 10.0. The van der Waals surface area contributed by atoms with Crippen LogP contribution in [-0.4, -0.2) is 66.5 Å². The molecule has 6 nitrogen and oxygen atoms in total. The van der Waals surface area contributed by atoms with E-state index in [0.717, 1.165) is 64.4 Å². The van der Waals surface area contributed by atoms with Crippen molar-refractivity contribution in [1.82, 2.24) is 20.4 Å². The van der Waals surface area contributed by atoms with Gasteiger partial charge < -0.3 is 15.5 Å². The molecule has 1 aromatic carbocycles. The van der Waals surface area contributed by atoms with E-state index >= 15 is 0 Å². The van der Waals surface area contributed by atoms with Gasteiger partial charge in [0.05, 0.1) is 6.54 Å². The molecule has 1 aromatic rings. The van der Waals surface area contributed by atoms with E-state index in [2.05, 4.69) is 64.7 Å². The number of hydrogen-bond acceptors (Lipinski definition) is 3. The van der Waals surface area contributed by atoms with E-state index in [4.69, 9.17) is 0 Å². The minimum Gasteiger partial charge on any atom is -0.357 e. The number of rotatable bonds is 7. The smallest absolute Gasteiger partial charge is 0.224 e. The number of nitrogens with one attached hydrogen (secondary N) is 2. The summed E-state index contributed by atoms with van der Waals surface area (Å²) in [6.07, 6.45) is 6.22. The molecule has 30 heavy (non-hydrogen) atoms. The molecule has 2 saturated heterocycles. The van der Waals surface area contributed by atoms with Crippen molar-refractivity contribution < 1.29 is 4.79 Å². The van der Waals surface area contributed by atoms with Crippen LogP contribution in [0, 0.1) is 0 Å². The Labute approximate surface area is 182 Å². The molecular weight excluding hydrogens is 374 g/mol. The zero-order chi connectivity index (χ0) is 21.2. The molecule has 1 amide bonds. The number of piperidine rings is 2. The van der Waals surface area contributed by atoms with E-state index < -0.39 is 0 Å².